The molecule has 0 rings (SSSR count). The Morgan fingerprint density at radius 2 is 1.65 bits per heavy atom. The SMILES string of the molecule is CCN(CC)CC(OC)C(O)OCC[N+](C)(CC)CC. The van der Waals surface area contributed by atoms with Gasteiger partial charge in [0.05, 0.1) is 26.7 Å². The van der Waals surface area contributed by atoms with Gasteiger partial charge in [0.15, 0.2) is 6.29 Å². The third-order valence-corrected chi connectivity index (χ3v) is 4.40. The first kappa shape index (κ1) is 19.8. The average Bonchev–Trinajstić information content (AvgIpc) is 2.48. The van der Waals surface area contributed by atoms with Crippen molar-refractivity contribution in [1.29, 1.82) is 0 Å². The number of likely N-dealkylation sites (N-methyl/N-ethyl adjacent to an activating group) is 2. The minimum absolute atomic E-state index is 0.295. The molecule has 0 saturated heterocycles. The highest BCUT2D eigenvalue weighted by molar-refractivity contribution is 4.66. The summed E-state index contributed by atoms with van der Waals surface area (Å²) in [7, 11) is 3.83. The summed E-state index contributed by atoms with van der Waals surface area (Å²) in [6.07, 6.45) is -1.15. The van der Waals surface area contributed by atoms with Crippen molar-refractivity contribution in [3.8, 4) is 0 Å². The molecule has 0 aromatic heterocycles. The van der Waals surface area contributed by atoms with E-state index in [2.05, 4.69) is 39.6 Å². The first-order valence-corrected chi connectivity index (χ1v) is 7.84. The Morgan fingerprint density at radius 3 is 2.05 bits per heavy atom. The molecular formula is C15H35N2O3+. The van der Waals surface area contributed by atoms with Gasteiger partial charge in [0.25, 0.3) is 0 Å². The van der Waals surface area contributed by atoms with E-state index in [4.69, 9.17) is 9.47 Å². The standard InChI is InChI=1S/C15H35N2O3/c1-7-16(8-2)13-14(19-6)15(18)20-12-11-17(5,9-3)10-4/h14-15,18H,7-13H2,1-6H3/q+1. The minimum atomic E-state index is -0.859. The number of hydrogen-bond acceptors (Lipinski definition) is 4. The molecule has 5 heteroatoms. The van der Waals surface area contributed by atoms with Crippen LogP contribution in [0.3, 0.4) is 0 Å². The van der Waals surface area contributed by atoms with Gasteiger partial charge in [0.1, 0.15) is 12.6 Å². The highest BCUT2D eigenvalue weighted by atomic mass is 16.6. The minimum Gasteiger partial charge on any atom is -0.375 e. The number of rotatable bonds is 12. The maximum atomic E-state index is 10.1. The summed E-state index contributed by atoms with van der Waals surface area (Å²) < 4.78 is 11.9. The van der Waals surface area contributed by atoms with Gasteiger partial charge in [0, 0.05) is 13.7 Å². The van der Waals surface area contributed by atoms with Gasteiger partial charge >= 0.3 is 0 Å². The molecule has 2 atom stereocenters. The Hall–Kier alpha value is -0.200. The second-order valence-corrected chi connectivity index (χ2v) is 5.50. The molecule has 2 unspecified atom stereocenters. The number of aliphatic hydroxyl groups is 1. The molecule has 0 heterocycles. The van der Waals surface area contributed by atoms with Crippen LogP contribution in [0.4, 0.5) is 0 Å². The highest BCUT2D eigenvalue weighted by Crippen LogP contribution is 2.06. The molecular weight excluding hydrogens is 256 g/mol. The van der Waals surface area contributed by atoms with Gasteiger partial charge in [0.2, 0.25) is 0 Å². The summed E-state index contributed by atoms with van der Waals surface area (Å²) in [5.41, 5.74) is 0. The zero-order valence-corrected chi connectivity index (χ0v) is 14.3. The van der Waals surface area contributed by atoms with Gasteiger partial charge in [-0.15, -0.1) is 0 Å². The van der Waals surface area contributed by atoms with Crippen LogP contribution in [-0.2, 0) is 9.47 Å². The third kappa shape index (κ3) is 6.99. The van der Waals surface area contributed by atoms with E-state index in [1.54, 1.807) is 7.11 Å². The number of aliphatic hydroxyl groups excluding tert-OH is 1. The Labute approximate surface area is 125 Å². The molecule has 0 aliphatic heterocycles. The van der Waals surface area contributed by atoms with Crippen LogP contribution in [0.15, 0.2) is 0 Å². The summed E-state index contributed by atoms with van der Waals surface area (Å²) in [6.45, 7) is 14.8. The Morgan fingerprint density at radius 1 is 1.10 bits per heavy atom. The number of methoxy groups -OCH3 is 1. The Balaban J connectivity index is 4.18. The first-order chi connectivity index (χ1) is 9.46. The highest BCUT2D eigenvalue weighted by Gasteiger charge is 2.23. The van der Waals surface area contributed by atoms with Crippen molar-refractivity contribution in [2.75, 3.05) is 60.0 Å². The van der Waals surface area contributed by atoms with E-state index >= 15 is 0 Å². The molecule has 0 bridgehead atoms. The number of ether oxygens (including phenoxy) is 2. The first-order valence-electron chi connectivity index (χ1n) is 7.84. The molecule has 0 aromatic rings. The summed E-state index contributed by atoms with van der Waals surface area (Å²) in [6, 6.07) is 0. The molecule has 0 radical (unpaired) electrons. The van der Waals surface area contributed by atoms with Crippen LogP contribution in [0.1, 0.15) is 27.7 Å². The summed E-state index contributed by atoms with van der Waals surface area (Å²) >= 11 is 0. The van der Waals surface area contributed by atoms with Crippen LogP contribution >= 0.6 is 0 Å². The van der Waals surface area contributed by atoms with E-state index in [0.29, 0.717) is 13.2 Å². The molecule has 0 spiro atoms. The van der Waals surface area contributed by atoms with Crippen LogP contribution in [0.5, 0.6) is 0 Å². The quantitative estimate of drug-likeness (QED) is 0.433. The topological polar surface area (TPSA) is 41.9 Å². The molecule has 0 fully saturated rings. The van der Waals surface area contributed by atoms with E-state index in [-0.39, 0.29) is 6.10 Å². The van der Waals surface area contributed by atoms with Crippen LogP contribution in [-0.4, -0.2) is 86.9 Å². The normalized spacial score (nSPS) is 15.6. The second-order valence-electron chi connectivity index (χ2n) is 5.50. The molecule has 122 valence electrons. The Bertz CT molecular complexity index is 231. The lowest BCUT2D eigenvalue weighted by Gasteiger charge is -2.33. The molecule has 0 aliphatic carbocycles. The van der Waals surface area contributed by atoms with Crippen molar-refractivity contribution >= 4 is 0 Å². The summed E-state index contributed by atoms with van der Waals surface area (Å²) in [5, 5.41) is 10.1. The fourth-order valence-electron chi connectivity index (χ4n) is 2.06. The van der Waals surface area contributed by atoms with Gasteiger partial charge in [-0.1, -0.05) is 13.8 Å². The lowest BCUT2D eigenvalue weighted by Crippen LogP contribution is -2.47. The Kier molecular flexibility index (Phi) is 10.4. The van der Waals surface area contributed by atoms with Crippen molar-refractivity contribution in [3.63, 3.8) is 0 Å². The van der Waals surface area contributed by atoms with Gasteiger partial charge in [-0.05, 0) is 26.9 Å². The van der Waals surface area contributed by atoms with E-state index in [1.165, 1.54) is 0 Å². The molecule has 0 aliphatic rings. The van der Waals surface area contributed by atoms with E-state index in [0.717, 1.165) is 37.2 Å². The average molecular weight is 291 g/mol. The van der Waals surface area contributed by atoms with E-state index in [1.807, 2.05) is 0 Å². The molecule has 0 saturated carbocycles. The molecule has 0 aromatic carbocycles. The number of nitrogens with zero attached hydrogens (tertiary/aromatic N) is 2. The van der Waals surface area contributed by atoms with Crippen molar-refractivity contribution in [1.82, 2.24) is 4.90 Å². The van der Waals surface area contributed by atoms with E-state index in [9.17, 15) is 5.11 Å². The van der Waals surface area contributed by atoms with Crippen molar-refractivity contribution in [2.45, 2.75) is 40.1 Å². The number of hydrogen-bond donors (Lipinski definition) is 1. The summed E-state index contributed by atoms with van der Waals surface area (Å²) in [4.78, 5) is 2.22. The monoisotopic (exact) mass is 291 g/mol. The molecule has 1 N–H and O–H groups in total. The zero-order valence-electron chi connectivity index (χ0n) is 14.3. The zero-order chi connectivity index (χ0) is 15.6. The molecule has 20 heavy (non-hydrogen) atoms. The van der Waals surface area contributed by atoms with Crippen molar-refractivity contribution < 1.29 is 19.1 Å². The van der Waals surface area contributed by atoms with Crippen LogP contribution in [0.25, 0.3) is 0 Å². The smallest absolute Gasteiger partial charge is 0.182 e. The summed E-state index contributed by atoms with van der Waals surface area (Å²) in [5.74, 6) is 0. The predicted octanol–water partition coefficient (Wildman–Crippen LogP) is 1.16. The largest absolute Gasteiger partial charge is 0.375 e. The predicted molar refractivity (Wildman–Crippen MR) is 82.7 cm³/mol. The van der Waals surface area contributed by atoms with Crippen LogP contribution in [0.2, 0.25) is 0 Å². The third-order valence-electron chi connectivity index (χ3n) is 4.40. The lowest BCUT2D eigenvalue weighted by atomic mass is 10.3. The fourth-order valence-corrected chi connectivity index (χ4v) is 2.06. The number of quaternary nitrogens is 1. The lowest BCUT2D eigenvalue weighted by molar-refractivity contribution is -0.906. The van der Waals surface area contributed by atoms with Gasteiger partial charge in [-0.3, -0.25) is 0 Å². The molecule has 0 amide bonds. The van der Waals surface area contributed by atoms with Crippen LogP contribution < -0.4 is 0 Å². The van der Waals surface area contributed by atoms with Gasteiger partial charge in [-0.25, -0.2) is 0 Å². The van der Waals surface area contributed by atoms with Gasteiger partial charge < -0.3 is 24.0 Å². The van der Waals surface area contributed by atoms with E-state index < -0.39 is 6.29 Å². The second kappa shape index (κ2) is 10.5. The maximum Gasteiger partial charge on any atom is 0.182 e. The van der Waals surface area contributed by atoms with Crippen molar-refractivity contribution in [2.24, 2.45) is 0 Å². The fraction of sp³-hybridized carbons (Fsp3) is 1.00. The molecule has 5 nitrogen and oxygen atoms in total. The van der Waals surface area contributed by atoms with Gasteiger partial charge in [-0.2, -0.15) is 0 Å². The van der Waals surface area contributed by atoms with Crippen molar-refractivity contribution in [3.05, 3.63) is 0 Å². The maximum absolute atomic E-state index is 10.1. The van der Waals surface area contributed by atoms with Crippen LogP contribution in [0, 0.1) is 0 Å².